The molecule has 2 N–H and O–H groups in total. The SMILES string of the molecule is CCC(=O)Nc1cccc(NC(=O)c2ccccc2OCC(C)C)c1C. The topological polar surface area (TPSA) is 67.4 Å². The maximum Gasteiger partial charge on any atom is 0.259 e. The average molecular weight is 354 g/mol. The van der Waals surface area contributed by atoms with E-state index in [0.29, 0.717) is 41.6 Å². The molecule has 0 aliphatic rings. The number of benzene rings is 2. The molecule has 26 heavy (non-hydrogen) atoms. The molecule has 0 atom stereocenters. The molecule has 0 unspecified atom stereocenters. The lowest BCUT2D eigenvalue weighted by Gasteiger charge is -2.15. The van der Waals surface area contributed by atoms with E-state index in [2.05, 4.69) is 24.5 Å². The molecule has 0 saturated carbocycles. The van der Waals surface area contributed by atoms with Crippen molar-refractivity contribution in [3.63, 3.8) is 0 Å². The van der Waals surface area contributed by atoms with Crippen LogP contribution >= 0.6 is 0 Å². The Morgan fingerprint density at radius 2 is 1.65 bits per heavy atom. The van der Waals surface area contributed by atoms with Crippen LogP contribution in [0.2, 0.25) is 0 Å². The first-order valence-corrected chi connectivity index (χ1v) is 8.85. The van der Waals surface area contributed by atoms with E-state index in [0.717, 1.165) is 5.56 Å². The summed E-state index contributed by atoms with van der Waals surface area (Å²) >= 11 is 0. The van der Waals surface area contributed by atoms with Crippen molar-refractivity contribution in [1.82, 2.24) is 0 Å². The number of carbonyl (C=O) groups excluding carboxylic acids is 2. The second-order valence-electron chi connectivity index (χ2n) is 6.53. The first-order chi connectivity index (χ1) is 12.4. The Morgan fingerprint density at radius 1 is 1.00 bits per heavy atom. The van der Waals surface area contributed by atoms with E-state index in [4.69, 9.17) is 4.74 Å². The summed E-state index contributed by atoms with van der Waals surface area (Å²) in [5.74, 6) is 0.620. The van der Waals surface area contributed by atoms with Crippen LogP contribution < -0.4 is 15.4 Å². The molecule has 2 rings (SSSR count). The van der Waals surface area contributed by atoms with E-state index in [1.165, 1.54) is 0 Å². The molecule has 0 aliphatic heterocycles. The van der Waals surface area contributed by atoms with Crippen LogP contribution in [0.1, 0.15) is 43.1 Å². The minimum absolute atomic E-state index is 0.0657. The van der Waals surface area contributed by atoms with Crippen molar-refractivity contribution in [1.29, 1.82) is 0 Å². The van der Waals surface area contributed by atoms with Crippen LogP contribution in [0.5, 0.6) is 5.75 Å². The Hall–Kier alpha value is -2.82. The molecule has 2 aromatic rings. The number of hydrogen-bond acceptors (Lipinski definition) is 3. The lowest BCUT2D eigenvalue weighted by atomic mass is 10.1. The van der Waals surface area contributed by atoms with Gasteiger partial charge in [0.25, 0.3) is 5.91 Å². The van der Waals surface area contributed by atoms with Gasteiger partial charge in [0, 0.05) is 17.8 Å². The third-order valence-corrected chi connectivity index (χ3v) is 3.88. The number of amides is 2. The lowest BCUT2D eigenvalue weighted by molar-refractivity contribution is -0.115. The molecule has 0 aliphatic carbocycles. The molecule has 5 heteroatoms. The molecule has 0 heterocycles. The van der Waals surface area contributed by atoms with E-state index in [1.54, 1.807) is 25.1 Å². The summed E-state index contributed by atoms with van der Waals surface area (Å²) in [5.41, 5.74) is 2.64. The zero-order valence-electron chi connectivity index (χ0n) is 15.8. The second kappa shape index (κ2) is 9.04. The van der Waals surface area contributed by atoms with Gasteiger partial charge < -0.3 is 15.4 Å². The van der Waals surface area contributed by atoms with E-state index in [9.17, 15) is 9.59 Å². The molecule has 0 aromatic heterocycles. The standard InChI is InChI=1S/C21H26N2O3/c1-5-20(24)22-17-10-8-11-18(15(17)4)23-21(25)16-9-6-7-12-19(16)26-13-14(2)3/h6-12,14H,5,13H2,1-4H3,(H,22,24)(H,23,25). The molecular formula is C21H26N2O3. The fraction of sp³-hybridized carbons (Fsp3) is 0.333. The van der Waals surface area contributed by atoms with Crippen LogP contribution in [0.4, 0.5) is 11.4 Å². The van der Waals surface area contributed by atoms with Crippen LogP contribution in [0.3, 0.4) is 0 Å². The Balaban J connectivity index is 2.20. The quantitative estimate of drug-likeness (QED) is 0.762. The van der Waals surface area contributed by atoms with Gasteiger partial charge in [0.1, 0.15) is 5.75 Å². The van der Waals surface area contributed by atoms with Crippen molar-refractivity contribution in [3.8, 4) is 5.75 Å². The highest BCUT2D eigenvalue weighted by atomic mass is 16.5. The van der Waals surface area contributed by atoms with Crippen molar-refractivity contribution in [2.24, 2.45) is 5.92 Å². The summed E-state index contributed by atoms with van der Waals surface area (Å²) in [7, 11) is 0. The molecule has 0 fully saturated rings. The predicted molar refractivity (Wildman–Crippen MR) is 105 cm³/mol. The number of anilines is 2. The van der Waals surface area contributed by atoms with Crippen LogP contribution in [0, 0.1) is 12.8 Å². The monoisotopic (exact) mass is 354 g/mol. The lowest BCUT2D eigenvalue weighted by Crippen LogP contribution is -2.16. The number of ether oxygens (including phenoxy) is 1. The molecule has 0 radical (unpaired) electrons. The summed E-state index contributed by atoms with van der Waals surface area (Å²) in [4.78, 5) is 24.4. The van der Waals surface area contributed by atoms with Crippen LogP contribution in [0.25, 0.3) is 0 Å². The molecule has 0 saturated heterocycles. The zero-order chi connectivity index (χ0) is 19.1. The van der Waals surface area contributed by atoms with E-state index >= 15 is 0 Å². The molecule has 138 valence electrons. The Bertz CT molecular complexity index is 785. The van der Waals surface area contributed by atoms with E-state index < -0.39 is 0 Å². The van der Waals surface area contributed by atoms with Gasteiger partial charge in [-0.05, 0) is 42.7 Å². The summed E-state index contributed by atoms with van der Waals surface area (Å²) in [5, 5.41) is 5.76. The summed E-state index contributed by atoms with van der Waals surface area (Å²) in [6.45, 7) is 8.32. The largest absolute Gasteiger partial charge is 0.492 e. The maximum atomic E-state index is 12.7. The van der Waals surface area contributed by atoms with Gasteiger partial charge in [-0.1, -0.05) is 39.0 Å². The van der Waals surface area contributed by atoms with Gasteiger partial charge in [-0.25, -0.2) is 0 Å². The minimum atomic E-state index is -0.244. The minimum Gasteiger partial charge on any atom is -0.492 e. The van der Waals surface area contributed by atoms with E-state index in [-0.39, 0.29) is 11.8 Å². The Kier molecular flexibility index (Phi) is 6.78. The van der Waals surface area contributed by atoms with Crippen molar-refractivity contribution in [2.45, 2.75) is 34.1 Å². The highest BCUT2D eigenvalue weighted by Crippen LogP contribution is 2.26. The van der Waals surface area contributed by atoms with Gasteiger partial charge in [0.05, 0.1) is 12.2 Å². The maximum absolute atomic E-state index is 12.7. The number of para-hydroxylation sites is 1. The zero-order valence-corrected chi connectivity index (χ0v) is 15.8. The van der Waals surface area contributed by atoms with Crippen LogP contribution in [-0.4, -0.2) is 18.4 Å². The summed E-state index contributed by atoms with van der Waals surface area (Å²) < 4.78 is 5.76. The number of nitrogens with one attached hydrogen (secondary N) is 2. The van der Waals surface area contributed by atoms with Crippen LogP contribution in [-0.2, 0) is 4.79 Å². The van der Waals surface area contributed by atoms with Crippen molar-refractivity contribution in [3.05, 3.63) is 53.6 Å². The smallest absolute Gasteiger partial charge is 0.259 e. The highest BCUT2D eigenvalue weighted by molar-refractivity contribution is 6.07. The van der Waals surface area contributed by atoms with Crippen molar-refractivity contribution < 1.29 is 14.3 Å². The van der Waals surface area contributed by atoms with Gasteiger partial charge in [-0.15, -0.1) is 0 Å². The van der Waals surface area contributed by atoms with Gasteiger partial charge in [0.15, 0.2) is 0 Å². The number of hydrogen-bond donors (Lipinski definition) is 2. The third kappa shape index (κ3) is 5.09. The summed E-state index contributed by atoms with van der Waals surface area (Å²) in [6, 6.07) is 12.6. The molecule has 2 aromatic carbocycles. The van der Waals surface area contributed by atoms with Crippen molar-refractivity contribution >= 4 is 23.2 Å². The first kappa shape index (κ1) is 19.5. The molecule has 5 nitrogen and oxygen atoms in total. The normalized spacial score (nSPS) is 10.5. The molecule has 0 bridgehead atoms. The van der Waals surface area contributed by atoms with Gasteiger partial charge in [-0.2, -0.15) is 0 Å². The number of rotatable bonds is 7. The summed E-state index contributed by atoms with van der Waals surface area (Å²) in [6.07, 6.45) is 0.399. The van der Waals surface area contributed by atoms with Crippen molar-refractivity contribution in [2.75, 3.05) is 17.2 Å². The fourth-order valence-corrected chi connectivity index (χ4v) is 2.37. The predicted octanol–water partition coefficient (Wildman–Crippen LogP) is 4.63. The third-order valence-electron chi connectivity index (χ3n) is 3.88. The molecule has 2 amide bonds. The van der Waals surface area contributed by atoms with Gasteiger partial charge in [0.2, 0.25) is 5.91 Å². The molecular weight excluding hydrogens is 328 g/mol. The second-order valence-corrected chi connectivity index (χ2v) is 6.53. The van der Waals surface area contributed by atoms with Gasteiger partial charge in [-0.3, -0.25) is 9.59 Å². The first-order valence-electron chi connectivity index (χ1n) is 8.85. The van der Waals surface area contributed by atoms with E-state index in [1.807, 2.05) is 31.2 Å². The Labute approximate surface area is 154 Å². The van der Waals surface area contributed by atoms with Gasteiger partial charge >= 0.3 is 0 Å². The molecule has 0 spiro atoms. The Morgan fingerprint density at radius 3 is 2.31 bits per heavy atom. The fourth-order valence-electron chi connectivity index (χ4n) is 2.37. The number of carbonyl (C=O) groups is 2. The average Bonchev–Trinajstić information content (AvgIpc) is 2.63. The van der Waals surface area contributed by atoms with Crippen LogP contribution in [0.15, 0.2) is 42.5 Å². The highest BCUT2D eigenvalue weighted by Gasteiger charge is 2.15.